The lowest BCUT2D eigenvalue weighted by molar-refractivity contribution is -0.0112. The smallest absolute Gasteiger partial charge is 0.194 e. The molecule has 1 aliphatic heterocycles. The number of aromatic amines is 1. The molecule has 13 heavy (non-hydrogen) atoms. The lowest BCUT2D eigenvalue weighted by Gasteiger charge is -2.33. The molecule has 0 aromatic carbocycles. The van der Waals surface area contributed by atoms with E-state index in [0.717, 1.165) is 12.8 Å². The highest BCUT2D eigenvalue weighted by molar-refractivity contribution is 5.03. The summed E-state index contributed by atoms with van der Waals surface area (Å²) in [5.74, 6) is 0.586. The predicted molar refractivity (Wildman–Crippen MR) is 44.7 cm³/mol. The molecule has 1 aromatic heterocycles. The van der Waals surface area contributed by atoms with Gasteiger partial charge in [0.2, 0.25) is 0 Å². The van der Waals surface area contributed by atoms with E-state index in [9.17, 15) is 0 Å². The van der Waals surface area contributed by atoms with E-state index in [1.54, 1.807) is 0 Å². The number of nitrogens with two attached hydrogens (primary N) is 1. The number of aromatic nitrogens is 4. The minimum absolute atomic E-state index is 0.164. The summed E-state index contributed by atoms with van der Waals surface area (Å²) in [6, 6.07) is 0. The number of hydrogen-bond acceptors (Lipinski definition) is 5. The molecule has 0 saturated carbocycles. The van der Waals surface area contributed by atoms with Crippen LogP contribution < -0.4 is 5.73 Å². The molecule has 2 heterocycles. The first kappa shape index (κ1) is 8.58. The lowest BCUT2D eigenvalue weighted by Crippen LogP contribution is -2.45. The summed E-state index contributed by atoms with van der Waals surface area (Å²) in [5, 5.41) is 13.8. The fraction of sp³-hybridized carbons (Fsp3) is 0.857. The molecule has 2 rings (SSSR count). The Morgan fingerprint density at radius 2 is 2.54 bits per heavy atom. The van der Waals surface area contributed by atoms with E-state index in [4.69, 9.17) is 10.5 Å². The largest absolute Gasteiger partial charge is 0.378 e. The molecule has 1 aromatic rings. The average molecular weight is 183 g/mol. The van der Waals surface area contributed by atoms with Crippen LogP contribution in [0.1, 0.15) is 25.6 Å². The molecular formula is C7H13N5O. The van der Waals surface area contributed by atoms with E-state index in [-0.39, 0.29) is 6.10 Å². The highest BCUT2D eigenvalue weighted by Crippen LogP contribution is 2.29. The van der Waals surface area contributed by atoms with Gasteiger partial charge in [-0.15, -0.1) is 10.2 Å². The van der Waals surface area contributed by atoms with Gasteiger partial charge in [0.15, 0.2) is 5.82 Å². The van der Waals surface area contributed by atoms with Gasteiger partial charge in [0.1, 0.15) is 0 Å². The molecule has 2 atom stereocenters. The topological polar surface area (TPSA) is 89.7 Å². The molecule has 1 fully saturated rings. The summed E-state index contributed by atoms with van der Waals surface area (Å²) in [5.41, 5.74) is 5.68. The average Bonchev–Trinajstić information content (AvgIpc) is 2.55. The van der Waals surface area contributed by atoms with E-state index >= 15 is 0 Å². The van der Waals surface area contributed by atoms with Gasteiger partial charge in [-0.3, -0.25) is 0 Å². The second-order valence-corrected chi connectivity index (χ2v) is 3.53. The van der Waals surface area contributed by atoms with Crippen LogP contribution in [-0.4, -0.2) is 33.3 Å². The molecule has 1 saturated heterocycles. The van der Waals surface area contributed by atoms with Gasteiger partial charge in [-0.25, -0.2) is 0 Å². The first-order valence-electron chi connectivity index (χ1n) is 4.35. The van der Waals surface area contributed by atoms with Crippen LogP contribution in [0.15, 0.2) is 0 Å². The number of H-pyrrole nitrogens is 1. The number of nitrogens with zero attached hydrogens (tertiary/aromatic N) is 3. The Morgan fingerprint density at radius 1 is 1.69 bits per heavy atom. The molecule has 0 spiro atoms. The van der Waals surface area contributed by atoms with Crippen LogP contribution in [0.5, 0.6) is 0 Å². The Bertz CT molecular complexity index is 274. The van der Waals surface area contributed by atoms with Crippen LogP contribution in [0.3, 0.4) is 0 Å². The van der Waals surface area contributed by atoms with Crippen molar-refractivity contribution >= 4 is 0 Å². The van der Waals surface area contributed by atoms with Gasteiger partial charge >= 0.3 is 0 Å². The van der Waals surface area contributed by atoms with Crippen LogP contribution in [0.2, 0.25) is 0 Å². The van der Waals surface area contributed by atoms with Crippen LogP contribution in [0.4, 0.5) is 0 Å². The fourth-order valence-electron chi connectivity index (χ4n) is 1.69. The van der Waals surface area contributed by atoms with Crippen LogP contribution in [0.25, 0.3) is 0 Å². The Labute approximate surface area is 75.8 Å². The second-order valence-electron chi connectivity index (χ2n) is 3.53. The van der Waals surface area contributed by atoms with Crippen molar-refractivity contribution in [3.05, 3.63) is 5.82 Å². The van der Waals surface area contributed by atoms with Crippen molar-refractivity contribution in [3.63, 3.8) is 0 Å². The molecule has 6 heteroatoms. The Balaban J connectivity index is 2.20. The summed E-state index contributed by atoms with van der Waals surface area (Å²) in [6.07, 6.45) is 1.65. The highest BCUT2D eigenvalue weighted by atomic mass is 16.5. The maximum Gasteiger partial charge on any atom is 0.194 e. The first-order valence-corrected chi connectivity index (χ1v) is 4.35. The van der Waals surface area contributed by atoms with E-state index in [1.807, 2.05) is 6.92 Å². The normalized spacial score (nSPS) is 34.8. The summed E-state index contributed by atoms with van der Waals surface area (Å²) < 4.78 is 5.41. The molecule has 0 amide bonds. The zero-order valence-corrected chi connectivity index (χ0v) is 7.53. The Hall–Kier alpha value is -1.01. The molecule has 0 aliphatic carbocycles. The van der Waals surface area contributed by atoms with Crippen molar-refractivity contribution in [2.45, 2.75) is 31.4 Å². The summed E-state index contributed by atoms with van der Waals surface area (Å²) in [6.45, 7) is 2.66. The van der Waals surface area contributed by atoms with Gasteiger partial charge in [-0.2, -0.15) is 5.21 Å². The maximum atomic E-state index is 6.15. The zero-order chi connectivity index (χ0) is 9.31. The zero-order valence-electron chi connectivity index (χ0n) is 7.53. The van der Waals surface area contributed by atoms with E-state index in [0.29, 0.717) is 12.4 Å². The second kappa shape index (κ2) is 3.04. The number of tetrazole rings is 1. The first-order chi connectivity index (χ1) is 6.21. The van der Waals surface area contributed by atoms with Crippen LogP contribution in [0, 0.1) is 0 Å². The van der Waals surface area contributed by atoms with Crippen LogP contribution in [-0.2, 0) is 10.3 Å². The third kappa shape index (κ3) is 1.54. The molecule has 72 valence electrons. The van der Waals surface area contributed by atoms with Crippen molar-refractivity contribution in [2.24, 2.45) is 5.73 Å². The third-order valence-corrected chi connectivity index (χ3v) is 2.39. The van der Waals surface area contributed by atoms with Gasteiger partial charge in [-0.1, -0.05) is 5.21 Å². The molecule has 0 bridgehead atoms. The molecule has 2 unspecified atom stereocenters. The number of ether oxygens (including phenoxy) is 1. The van der Waals surface area contributed by atoms with E-state index in [2.05, 4.69) is 20.6 Å². The van der Waals surface area contributed by atoms with Gasteiger partial charge in [0, 0.05) is 6.61 Å². The Morgan fingerprint density at radius 3 is 3.15 bits per heavy atom. The monoisotopic (exact) mass is 183 g/mol. The quantitative estimate of drug-likeness (QED) is 0.615. The molecule has 1 aliphatic rings. The molecule has 0 radical (unpaired) electrons. The summed E-state index contributed by atoms with van der Waals surface area (Å²) >= 11 is 0. The lowest BCUT2D eigenvalue weighted by atomic mass is 9.87. The standard InChI is InChI=1S/C7H13N5O/c1-5-4-7(8,2-3-13-5)6-9-11-12-10-6/h5H,2-4,8H2,1H3,(H,9,10,11,12). The van der Waals surface area contributed by atoms with Gasteiger partial charge < -0.3 is 10.5 Å². The van der Waals surface area contributed by atoms with Crippen molar-refractivity contribution in [2.75, 3.05) is 6.61 Å². The summed E-state index contributed by atoms with van der Waals surface area (Å²) in [7, 11) is 0. The number of rotatable bonds is 1. The minimum atomic E-state index is -0.468. The van der Waals surface area contributed by atoms with Gasteiger partial charge in [0.05, 0.1) is 11.6 Å². The Kier molecular flexibility index (Phi) is 2.01. The highest BCUT2D eigenvalue weighted by Gasteiger charge is 2.36. The predicted octanol–water partition coefficient (Wildman–Crippen LogP) is -0.447. The van der Waals surface area contributed by atoms with Crippen molar-refractivity contribution in [3.8, 4) is 0 Å². The third-order valence-electron chi connectivity index (χ3n) is 2.39. The van der Waals surface area contributed by atoms with E-state index < -0.39 is 5.54 Å². The maximum absolute atomic E-state index is 6.15. The SMILES string of the molecule is CC1CC(N)(c2nn[nH]n2)CCO1. The van der Waals surface area contributed by atoms with Crippen LogP contribution >= 0.6 is 0 Å². The molecule has 3 N–H and O–H groups in total. The van der Waals surface area contributed by atoms with Crippen molar-refractivity contribution in [1.29, 1.82) is 0 Å². The van der Waals surface area contributed by atoms with E-state index in [1.165, 1.54) is 0 Å². The van der Waals surface area contributed by atoms with Gasteiger partial charge in [-0.05, 0) is 19.8 Å². The molecule has 6 nitrogen and oxygen atoms in total. The van der Waals surface area contributed by atoms with Gasteiger partial charge in [0.25, 0.3) is 0 Å². The fourth-order valence-corrected chi connectivity index (χ4v) is 1.69. The summed E-state index contributed by atoms with van der Waals surface area (Å²) in [4.78, 5) is 0. The van der Waals surface area contributed by atoms with Crippen molar-refractivity contribution < 1.29 is 4.74 Å². The minimum Gasteiger partial charge on any atom is -0.378 e. The molecular weight excluding hydrogens is 170 g/mol. The number of nitrogens with one attached hydrogen (secondary N) is 1. The van der Waals surface area contributed by atoms with Crippen molar-refractivity contribution in [1.82, 2.24) is 20.6 Å². The number of hydrogen-bond donors (Lipinski definition) is 2.